The van der Waals surface area contributed by atoms with Gasteiger partial charge in [0.05, 0.1) is 11.9 Å². The molecule has 4 aromatic rings. The summed E-state index contributed by atoms with van der Waals surface area (Å²) in [5.74, 6) is 2.22. The van der Waals surface area contributed by atoms with Crippen LogP contribution in [-0.4, -0.2) is 21.5 Å². The fraction of sp³-hybridized carbons (Fsp3) is 0.174. The highest BCUT2D eigenvalue weighted by molar-refractivity contribution is 5.64. The first-order valence-corrected chi connectivity index (χ1v) is 9.99. The molecule has 0 amide bonds. The summed E-state index contributed by atoms with van der Waals surface area (Å²) in [4.78, 5) is 13.5. The van der Waals surface area contributed by atoms with Crippen LogP contribution in [0.3, 0.4) is 0 Å². The maximum atomic E-state index is 5.35. The highest BCUT2D eigenvalue weighted by atomic mass is 16.3. The summed E-state index contributed by atoms with van der Waals surface area (Å²) in [6.45, 7) is 2.41. The van der Waals surface area contributed by atoms with Gasteiger partial charge in [0.1, 0.15) is 5.82 Å². The van der Waals surface area contributed by atoms with Crippen LogP contribution in [0.5, 0.6) is 0 Å². The number of fused-ring (bicyclic) bond motifs is 1. The van der Waals surface area contributed by atoms with E-state index in [9.17, 15) is 0 Å². The van der Waals surface area contributed by atoms with Crippen molar-refractivity contribution in [3.8, 4) is 11.3 Å². The van der Waals surface area contributed by atoms with E-state index >= 15 is 0 Å². The third kappa shape index (κ3) is 4.01. The van der Waals surface area contributed by atoms with Gasteiger partial charge in [-0.1, -0.05) is 30.3 Å². The largest absolute Gasteiger partial charge is 0.444 e. The van der Waals surface area contributed by atoms with Gasteiger partial charge in [-0.05, 0) is 42.8 Å². The highest BCUT2D eigenvalue weighted by Gasteiger charge is 2.17. The Hall–Kier alpha value is -3.71. The van der Waals surface area contributed by atoms with Crippen molar-refractivity contribution in [3.63, 3.8) is 0 Å². The van der Waals surface area contributed by atoms with Crippen LogP contribution in [0, 0.1) is 0 Å². The number of anilines is 3. The molecule has 30 heavy (non-hydrogen) atoms. The van der Waals surface area contributed by atoms with E-state index in [1.807, 2.05) is 42.5 Å². The van der Waals surface area contributed by atoms with Crippen LogP contribution >= 0.6 is 0 Å². The zero-order valence-corrected chi connectivity index (χ0v) is 16.4. The van der Waals surface area contributed by atoms with E-state index in [-0.39, 0.29) is 0 Å². The minimum Gasteiger partial charge on any atom is -0.444 e. The molecule has 0 radical (unpaired) electrons. The Morgan fingerprint density at radius 2 is 1.87 bits per heavy atom. The molecule has 0 fully saturated rings. The van der Waals surface area contributed by atoms with Crippen molar-refractivity contribution in [3.05, 3.63) is 84.0 Å². The van der Waals surface area contributed by atoms with Crippen molar-refractivity contribution in [1.29, 1.82) is 0 Å². The lowest BCUT2D eigenvalue weighted by Crippen LogP contribution is -2.26. The number of hydrogen-bond acceptors (Lipinski definition) is 7. The van der Waals surface area contributed by atoms with Crippen LogP contribution in [0.2, 0.25) is 0 Å². The zero-order chi connectivity index (χ0) is 20.2. The lowest BCUT2D eigenvalue weighted by atomic mass is 10.1. The van der Waals surface area contributed by atoms with E-state index in [0.717, 1.165) is 54.6 Å². The molecular formula is C23H22N6O. The molecule has 0 saturated heterocycles. The predicted octanol–water partition coefficient (Wildman–Crippen LogP) is 4.13. The molecule has 1 aliphatic heterocycles. The predicted molar refractivity (Wildman–Crippen MR) is 116 cm³/mol. The van der Waals surface area contributed by atoms with Crippen LogP contribution in [0.15, 0.2) is 71.6 Å². The van der Waals surface area contributed by atoms with Crippen LogP contribution in [-0.2, 0) is 19.5 Å². The van der Waals surface area contributed by atoms with Gasteiger partial charge in [-0.3, -0.25) is 0 Å². The summed E-state index contributed by atoms with van der Waals surface area (Å²) < 4.78 is 5.35. The summed E-state index contributed by atoms with van der Waals surface area (Å²) in [7, 11) is 0. The van der Waals surface area contributed by atoms with Gasteiger partial charge in [0.15, 0.2) is 12.2 Å². The summed E-state index contributed by atoms with van der Waals surface area (Å²) in [6, 6.07) is 18.3. The number of rotatable bonds is 6. The summed E-state index contributed by atoms with van der Waals surface area (Å²) >= 11 is 0. The molecule has 0 bridgehead atoms. The summed E-state index contributed by atoms with van der Waals surface area (Å²) in [6.07, 6.45) is 4.05. The third-order valence-corrected chi connectivity index (χ3v) is 5.10. The molecule has 2 aromatic carbocycles. The fourth-order valence-corrected chi connectivity index (χ4v) is 3.55. The number of oxazole rings is 1. The Morgan fingerprint density at radius 3 is 2.67 bits per heavy atom. The van der Waals surface area contributed by atoms with E-state index in [1.54, 1.807) is 6.20 Å². The van der Waals surface area contributed by atoms with Crippen molar-refractivity contribution in [1.82, 2.24) is 20.3 Å². The third-order valence-electron chi connectivity index (χ3n) is 5.10. The van der Waals surface area contributed by atoms with E-state index in [1.165, 1.54) is 17.5 Å². The van der Waals surface area contributed by atoms with Crippen molar-refractivity contribution in [2.24, 2.45) is 0 Å². The topological polar surface area (TPSA) is 87.9 Å². The minimum atomic E-state index is 0.584. The van der Waals surface area contributed by atoms with Crippen LogP contribution < -0.4 is 16.0 Å². The Bertz CT molecular complexity index is 1110. The first kappa shape index (κ1) is 18.3. The normalized spacial score (nSPS) is 12.9. The summed E-state index contributed by atoms with van der Waals surface area (Å²) in [5.41, 5.74) is 5.33. The van der Waals surface area contributed by atoms with Crippen LogP contribution in [0.1, 0.15) is 16.8 Å². The smallest absolute Gasteiger partial charge is 0.229 e. The first-order chi connectivity index (χ1) is 14.8. The highest BCUT2D eigenvalue weighted by Crippen LogP contribution is 2.26. The molecule has 7 nitrogen and oxygen atoms in total. The maximum absolute atomic E-state index is 5.35. The van der Waals surface area contributed by atoms with Gasteiger partial charge < -0.3 is 20.4 Å². The van der Waals surface area contributed by atoms with E-state index in [2.05, 4.69) is 33.1 Å². The number of aromatic nitrogens is 3. The van der Waals surface area contributed by atoms with Gasteiger partial charge in [0.2, 0.25) is 5.95 Å². The van der Waals surface area contributed by atoms with Crippen molar-refractivity contribution < 1.29 is 4.42 Å². The Kier molecular flexibility index (Phi) is 5.10. The SMILES string of the molecule is c1ccc(CNc2nc(Nc3ccc(-c4cnco4)cc3)nc3c2CCNC3)cc1. The molecule has 0 aliphatic carbocycles. The van der Waals surface area contributed by atoms with Crippen molar-refractivity contribution in [2.45, 2.75) is 19.5 Å². The lowest BCUT2D eigenvalue weighted by Gasteiger charge is -2.21. The Morgan fingerprint density at radius 1 is 1.00 bits per heavy atom. The Labute approximate surface area is 174 Å². The molecule has 2 aromatic heterocycles. The molecule has 0 saturated carbocycles. The van der Waals surface area contributed by atoms with Gasteiger partial charge in [0.25, 0.3) is 0 Å². The van der Waals surface area contributed by atoms with Crippen LogP contribution in [0.4, 0.5) is 17.5 Å². The van der Waals surface area contributed by atoms with E-state index in [0.29, 0.717) is 5.95 Å². The molecule has 1 aliphatic rings. The standard InChI is InChI=1S/C23H22N6O/c1-2-4-16(5-3-1)12-26-22-19-10-11-24-13-20(19)28-23(29-22)27-18-8-6-17(7-9-18)21-14-25-15-30-21/h1-9,14-15,24H,10-13H2,(H2,26,27,28,29). The van der Waals surface area contributed by atoms with E-state index in [4.69, 9.17) is 14.4 Å². The van der Waals surface area contributed by atoms with Gasteiger partial charge in [0, 0.05) is 29.9 Å². The molecule has 0 atom stereocenters. The molecule has 3 heterocycles. The number of benzene rings is 2. The molecule has 0 unspecified atom stereocenters. The maximum Gasteiger partial charge on any atom is 0.229 e. The second kappa shape index (κ2) is 8.34. The van der Waals surface area contributed by atoms with Gasteiger partial charge >= 0.3 is 0 Å². The average molecular weight is 398 g/mol. The molecule has 150 valence electrons. The molecular weight excluding hydrogens is 376 g/mol. The fourth-order valence-electron chi connectivity index (χ4n) is 3.55. The molecule has 0 spiro atoms. The quantitative estimate of drug-likeness (QED) is 0.450. The second-order valence-corrected chi connectivity index (χ2v) is 7.16. The van der Waals surface area contributed by atoms with Gasteiger partial charge in [-0.25, -0.2) is 9.97 Å². The van der Waals surface area contributed by atoms with Gasteiger partial charge in [-0.15, -0.1) is 0 Å². The van der Waals surface area contributed by atoms with Crippen LogP contribution in [0.25, 0.3) is 11.3 Å². The van der Waals surface area contributed by atoms with E-state index < -0.39 is 0 Å². The monoisotopic (exact) mass is 398 g/mol. The minimum absolute atomic E-state index is 0.584. The molecule has 3 N–H and O–H groups in total. The zero-order valence-electron chi connectivity index (χ0n) is 16.4. The number of hydrogen-bond donors (Lipinski definition) is 3. The number of nitrogens with zero attached hydrogens (tertiary/aromatic N) is 3. The summed E-state index contributed by atoms with van der Waals surface area (Å²) in [5, 5.41) is 10.2. The molecule has 5 rings (SSSR count). The lowest BCUT2D eigenvalue weighted by molar-refractivity contribution is 0.572. The van der Waals surface area contributed by atoms with Gasteiger partial charge in [-0.2, -0.15) is 4.98 Å². The molecule has 7 heteroatoms. The Balaban J connectivity index is 1.38. The average Bonchev–Trinajstić information content (AvgIpc) is 3.34. The van der Waals surface area contributed by atoms with Crippen molar-refractivity contribution >= 4 is 17.5 Å². The number of nitrogens with one attached hydrogen (secondary N) is 3. The van der Waals surface area contributed by atoms with Crippen molar-refractivity contribution in [2.75, 3.05) is 17.2 Å². The first-order valence-electron chi connectivity index (χ1n) is 9.99. The second-order valence-electron chi connectivity index (χ2n) is 7.16.